The van der Waals surface area contributed by atoms with Crippen LogP contribution in [0.1, 0.15) is 48.7 Å². The Morgan fingerprint density at radius 2 is 1.67 bits per heavy atom. The largest absolute Gasteiger partial charge is 0.497 e. The smallest absolute Gasteiger partial charge is 0.173 e. The molecule has 7 nitrogen and oxygen atoms in total. The maximum Gasteiger partial charge on any atom is 0.173 e. The Bertz CT molecular complexity index is 991. The van der Waals surface area contributed by atoms with Crippen LogP contribution in [0.3, 0.4) is 0 Å². The van der Waals surface area contributed by atoms with Crippen LogP contribution in [0.25, 0.3) is 0 Å². The van der Waals surface area contributed by atoms with Crippen molar-refractivity contribution in [3.63, 3.8) is 0 Å². The number of methoxy groups -OCH3 is 1. The summed E-state index contributed by atoms with van der Waals surface area (Å²) in [6, 6.07) is 19.7. The van der Waals surface area contributed by atoms with E-state index >= 15 is 0 Å². The Kier molecular flexibility index (Phi) is 6.98. The number of piperazine rings is 1. The summed E-state index contributed by atoms with van der Waals surface area (Å²) in [6.07, 6.45) is 6.40. The number of nitrogens with zero attached hydrogens (tertiary/aromatic N) is 6. The van der Waals surface area contributed by atoms with Crippen LogP contribution in [-0.4, -0.2) is 69.3 Å². The molecule has 0 amide bonds. The average molecular weight is 447 g/mol. The molecule has 1 aliphatic heterocycles. The minimum absolute atomic E-state index is 0.0346. The molecule has 1 saturated carbocycles. The number of hydrogen-bond acceptors (Lipinski definition) is 6. The van der Waals surface area contributed by atoms with Gasteiger partial charge in [-0.15, -0.1) is 5.10 Å². The van der Waals surface area contributed by atoms with Gasteiger partial charge in [0.1, 0.15) is 5.75 Å². The van der Waals surface area contributed by atoms with Gasteiger partial charge in [-0.3, -0.25) is 9.80 Å². The lowest BCUT2D eigenvalue weighted by Crippen LogP contribution is -2.51. The lowest BCUT2D eigenvalue weighted by Gasteiger charge is -2.41. The van der Waals surface area contributed by atoms with Gasteiger partial charge in [0.2, 0.25) is 0 Å². The van der Waals surface area contributed by atoms with Crippen molar-refractivity contribution < 1.29 is 4.74 Å². The topological polar surface area (TPSA) is 59.3 Å². The van der Waals surface area contributed by atoms with Gasteiger partial charge in [-0.1, -0.05) is 55.3 Å². The molecule has 0 unspecified atom stereocenters. The van der Waals surface area contributed by atoms with E-state index in [1.54, 1.807) is 7.11 Å². The highest BCUT2D eigenvalue weighted by Crippen LogP contribution is 2.31. The molecule has 2 aromatic carbocycles. The van der Waals surface area contributed by atoms with Crippen molar-refractivity contribution in [2.24, 2.45) is 0 Å². The fraction of sp³-hybridized carbons (Fsp3) is 0.500. The predicted molar refractivity (Wildman–Crippen MR) is 128 cm³/mol. The van der Waals surface area contributed by atoms with Crippen LogP contribution in [-0.2, 0) is 13.0 Å². The van der Waals surface area contributed by atoms with Crippen molar-refractivity contribution in [2.45, 2.75) is 50.7 Å². The van der Waals surface area contributed by atoms with Gasteiger partial charge in [0.05, 0.1) is 13.2 Å². The van der Waals surface area contributed by atoms with E-state index in [0.29, 0.717) is 0 Å². The zero-order chi connectivity index (χ0) is 22.5. The first kappa shape index (κ1) is 22.0. The number of aryl methyl sites for hydroxylation is 2. The fourth-order valence-corrected chi connectivity index (χ4v) is 5.39. The molecule has 0 radical (unpaired) electrons. The quantitative estimate of drug-likeness (QED) is 0.527. The summed E-state index contributed by atoms with van der Waals surface area (Å²) in [5, 5.41) is 13.0. The number of hydrogen-bond donors (Lipinski definition) is 0. The monoisotopic (exact) mass is 446 g/mol. The Morgan fingerprint density at radius 3 is 2.36 bits per heavy atom. The molecule has 5 rings (SSSR count). The molecule has 1 aromatic heterocycles. The standard InChI is InChI=1S/C26H34N6O/c1-33-24-13-11-22(12-14-24)25(31-19-17-30(18-20-31)23-9-5-6-10-23)26-27-28-29-32(26)16-15-21-7-3-2-4-8-21/h2-4,7-8,11-14,23,25H,5-6,9-10,15-20H2,1H3/t25-/m1/s1. The molecule has 0 bridgehead atoms. The summed E-state index contributed by atoms with van der Waals surface area (Å²) in [4.78, 5) is 5.25. The lowest BCUT2D eigenvalue weighted by atomic mass is 10.0. The predicted octanol–water partition coefficient (Wildman–Crippen LogP) is 3.57. The molecule has 7 heteroatoms. The molecule has 2 aliphatic rings. The summed E-state index contributed by atoms with van der Waals surface area (Å²) in [5.74, 6) is 1.79. The van der Waals surface area contributed by atoms with E-state index in [0.717, 1.165) is 56.8 Å². The normalized spacial score (nSPS) is 19.1. The maximum absolute atomic E-state index is 5.40. The van der Waals surface area contributed by atoms with Gasteiger partial charge in [-0.05, 0) is 52.9 Å². The zero-order valence-electron chi connectivity index (χ0n) is 19.5. The van der Waals surface area contributed by atoms with E-state index in [9.17, 15) is 0 Å². The lowest BCUT2D eigenvalue weighted by molar-refractivity contribution is 0.0770. The van der Waals surface area contributed by atoms with Gasteiger partial charge in [0.15, 0.2) is 5.82 Å². The highest BCUT2D eigenvalue weighted by Gasteiger charge is 2.33. The number of ether oxygens (including phenoxy) is 1. The first-order valence-electron chi connectivity index (χ1n) is 12.2. The van der Waals surface area contributed by atoms with Crippen molar-refractivity contribution in [1.82, 2.24) is 30.0 Å². The molecular weight excluding hydrogens is 412 g/mol. The van der Waals surface area contributed by atoms with Crippen LogP contribution in [0.4, 0.5) is 0 Å². The van der Waals surface area contributed by atoms with E-state index in [1.165, 1.54) is 36.8 Å². The van der Waals surface area contributed by atoms with Crippen LogP contribution in [0.15, 0.2) is 54.6 Å². The number of aromatic nitrogens is 4. The second-order valence-electron chi connectivity index (χ2n) is 9.18. The highest BCUT2D eigenvalue weighted by atomic mass is 16.5. The van der Waals surface area contributed by atoms with Crippen molar-refractivity contribution in [1.29, 1.82) is 0 Å². The van der Waals surface area contributed by atoms with E-state index in [1.807, 2.05) is 16.8 Å². The van der Waals surface area contributed by atoms with Crippen molar-refractivity contribution in [3.8, 4) is 5.75 Å². The fourth-order valence-electron chi connectivity index (χ4n) is 5.39. The minimum atomic E-state index is 0.0346. The van der Waals surface area contributed by atoms with Crippen LogP contribution < -0.4 is 4.74 Å². The van der Waals surface area contributed by atoms with Crippen LogP contribution >= 0.6 is 0 Å². The van der Waals surface area contributed by atoms with Crippen molar-refractivity contribution in [3.05, 3.63) is 71.5 Å². The van der Waals surface area contributed by atoms with Crippen LogP contribution in [0, 0.1) is 0 Å². The summed E-state index contributed by atoms with van der Waals surface area (Å²) in [5.41, 5.74) is 2.51. The Balaban J connectivity index is 1.37. The third-order valence-corrected chi connectivity index (χ3v) is 7.25. The molecule has 33 heavy (non-hydrogen) atoms. The van der Waals surface area contributed by atoms with Gasteiger partial charge in [-0.2, -0.15) is 0 Å². The molecule has 0 spiro atoms. The minimum Gasteiger partial charge on any atom is -0.497 e. The number of rotatable bonds is 8. The van der Waals surface area contributed by atoms with E-state index in [4.69, 9.17) is 4.74 Å². The SMILES string of the molecule is COc1ccc([C@H](c2nnnn2CCc2ccccc2)N2CCN(C3CCCC3)CC2)cc1. The zero-order valence-corrected chi connectivity index (χ0v) is 19.5. The molecule has 1 atom stereocenters. The third kappa shape index (κ3) is 5.09. The van der Waals surface area contributed by atoms with E-state index in [2.05, 4.69) is 67.8 Å². The van der Waals surface area contributed by atoms with Gasteiger partial charge in [0, 0.05) is 38.8 Å². The van der Waals surface area contributed by atoms with E-state index < -0.39 is 0 Å². The van der Waals surface area contributed by atoms with E-state index in [-0.39, 0.29) is 6.04 Å². The molecule has 0 N–H and O–H groups in total. The Labute approximate surface area is 196 Å². The van der Waals surface area contributed by atoms with Crippen molar-refractivity contribution in [2.75, 3.05) is 33.3 Å². The molecule has 1 saturated heterocycles. The molecule has 3 aromatic rings. The highest BCUT2D eigenvalue weighted by molar-refractivity contribution is 5.32. The molecule has 174 valence electrons. The Hall–Kier alpha value is -2.77. The van der Waals surface area contributed by atoms with Gasteiger partial charge < -0.3 is 4.74 Å². The summed E-state index contributed by atoms with van der Waals surface area (Å²) >= 11 is 0. The molecular formula is C26H34N6O. The molecule has 1 aliphatic carbocycles. The van der Waals surface area contributed by atoms with Gasteiger partial charge in [0.25, 0.3) is 0 Å². The molecule has 2 heterocycles. The number of benzene rings is 2. The number of tetrazole rings is 1. The van der Waals surface area contributed by atoms with Crippen molar-refractivity contribution >= 4 is 0 Å². The third-order valence-electron chi connectivity index (χ3n) is 7.25. The van der Waals surface area contributed by atoms with Crippen LogP contribution in [0.5, 0.6) is 5.75 Å². The summed E-state index contributed by atoms with van der Waals surface area (Å²) in [6.45, 7) is 5.05. The first-order chi connectivity index (χ1) is 16.3. The summed E-state index contributed by atoms with van der Waals surface area (Å²) in [7, 11) is 1.71. The Morgan fingerprint density at radius 1 is 0.939 bits per heavy atom. The second-order valence-corrected chi connectivity index (χ2v) is 9.18. The summed E-state index contributed by atoms with van der Waals surface area (Å²) < 4.78 is 7.39. The van der Waals surface area contributed by atoms with Crippen LogP contribution in [0.2, 0.25) is 0 Å². The van der Waals surface area contributed by atoms with Gasteiger partial charge in [-0.25, -0.2) is 4.68 Å². The average Bonchev–Trinajstić information content (AvgIpc) is 3.57. The second kappa shape index (κ2) is 10.4. The maximum atomic E-state index is 5.40. The first-order valence-corrected chi connectivity index (χ1v) is 12.2. The van der Waals surface area contributed by atoms with Gasteiger partial charge >= 0.3 is 0 Å². The molecule has 2 fully saturated rings.